The minimum Gasteiger partial charge on any atom is -0.481 e. The van der Waals surface area contributed by atoms with Crippen molar-refractivity contribution >= 4 is 11.9 Å². The molecule has 1 aliphatic carbocycles. The molecule has 0 bridgehead atoms. The van der Waals surface area contributed by atoms with Crippen molar-refractivity contribution in [2.24, 2.45) is 5.92 Å². The van der Waals surface area contributed by atoms with Crippen molar-refractivity contribution in [3.8, 4) is 0 Å². The van der Waals surface area contributed by atoms with Crippen LogP contribution in [-0.4, -0.2) is 40.5 Å². The van der Waals surface area contributed by atoms with Crippen LogP contribution in [0.5, 0.6) is 0 Å². The van der Waals surface area contributed by atoms with E-state index in [9.17, 15) is 9.59 Å². The van der Waals surface area contributed by atoms with Crippen LogP contribution in [0, 0.1) is 5.92 Å². The lowest BCUT2D eigenvalue weighted by Crippen LogP contribution is -2.52. The number of carboxylic acid groups (broad SMARTS) is 1. The van der Waals surface area contributed by atoms with E-state index in [1.54, 1.807) is 0 Å². The fourth-order valence-electron chi connectivity index (χ4n) is 4.08. The van der Waals surface area contributed by atoms with Crippen LogP contribution >= 0.6 is 0 Å². The molecular formula is C20H28N2O3. The van der Waals surface area contributed by atoms with E-state index < -0.39 is 5.97 Å². The SMILES string of the molecule is O=C(O)C1CCC(NC(=O)C2CCCCN2Cc2ccccc2)CC1. The van der Waals surface area contributed by atoms with Crippen LogP contribution in [0.15, 0.2) is 30.3 Å². The fourth-order valence-corrected chi connectivity index (χ4v) is 4.08. The molecule has 1 atom stereocenters. The first-order chi connectivity index (χ1) is 12.1. The van der Waals surface area contributed by atoms with Crippen LogP contribution in [0.4, 0.5) is 0 Å². The second kappa shape index (κ2) is 8.48. The van der Waals surface area contributed by atoms with Crippen molar-refractivity contribution in [1.82, 2.24) is 10.2 Å². The van der Waals surface area contributed by atoms with Crippen LogP contribution in [0.3, 0.4) is 0 Å². The van der Waals surface area contributed by atoms with Gasteiger partial charge in [0.2, 0.25) is 5.91 Å². The lowest BCUT2D eigenvalue weighted by atomic mass is 9.86. The van der Waals surface area contributed by atoms with Crippen molar-refractivity contribution < 1.29 is 14.7 Å². The molecule has 0 spiro atoms. The van der Waals surface area contributed by atoms with E-state index in [4.69, 9.17) is 5.11 Å². The molecule has 1 amide bonds. The number of carboxylic acids is 1. The topological polar surface area (TPSA) is 69.6 Å². The van der Waals surface area contributed by atoms with Gasteiger partial charge in [0.1, 0.15) is 0 Å². The van der Waals surface area contributed by atoms with Gasteiger partial charge >= 0.3 is 5.97 Å². The van der Waals surface area contributed by atoms with Gasteiger partial charge < -0.3 is 10.4 Å². The van der Waals surface area contributed by atoms with Gasteiger partial charge in [0.25, 0.3) is 0 Å². The van der Waals surface area contributed by atoms with Crippen molar-refractivity contribution in [2.45, 2.75) is 63.6 Å². The number of hydrogen-bond acceptors (Lipinski definition) is 3. The molecule has 1 unspecified atom stereocenters. The minimum atomic E-state index is -0.703. The number of hydrogen-bond donors (Lipinski definition) is 2. The number of aliphatic carboxylic acids is 1. The predicted molar refractivity (Wildman–Crippen MR) is 96.0 cm³/mol. The molecule has 3 rings (SSSR count). The zero-order chi connectivity index (χ0) is 17.6. The molecule has 1 heterocycles. The molecule has 2 N–H and O–H groups in total. The van der Waals surface area contributed by atoms with Crippen LogP contribution in [-0.2, 0) is 16.1 Å². The molecule has 1 aromatic carbocycles. The highest BCUT2D eigenvalue weighted by molar-refractivity contribution is 5.82. The molecule has 2 fully saturated rings. The second-order valence-corrected chi connectivity index (χ2v) is 7.36. The van der Waals surface area contributed by atoms with E-state index in [2.05, 4.69) is 22.3 Å². The summed E-state index contributed by atoms with van der Waals surface area (Å²) < 4.78 is 0. The Hall–Kier alpha value is -1.88. The predicted octanol–water partition coefficient (Wildman–Crippen LogP) is 2.80. The Bertz CT molecular complexity index is 582. The zero-order valence-corrected chi connectivity index (χ0v) is 14.7. The van der Waals surface area contributed by atoms with Crippen molar-refractivity contribution in [1.29, 1.82) is 0 Å². The number of amides is 1. The van der Waals surface area contributed by atoms with E-state index in [1.807, 2.05) is 18.2 Å². The number of piperidine rings is 1. The van der Waals surface area contributed by atoms with Crippen molar-refractivity contribution in [2.75, 3.05) is 6.54 Å². The number of carbonyl (C=O) groups excluding carboxylic acids is 1. The average molecular weight is 344 g/mol. The van der Waals surface area contributed by atoms with Gasteiger partial charge in [0, 0.05) is 12.6 Å². The Morgan fingerprint density at radius 1 is 1.04 bits per heavy atom. The summed E-state index contributed by atoms with van der Waals surface area (Å²) in [5, 5.41) is 12.3. The average Bonchev–Trinajstić information content (AvgIpc) is 2.63. The molecule has 0 radical (unpaired) electrons. The van der Waals surface area contributed by atoms with E-state index in [1.165, 1.54) is 5.56 Å². The molecule has 2 aliphatic rings. The minimum absolute atomic E-state index is 0.0637. The first kappa shape index (κ1) is 17.9. The van der Waals surface area contributed by atoms with Gasteiger partial charge in [-0.15, -0.1) is 0 Å². The molecular weight excluding hydrogens is 316 g/mol. The molecule has 25 heavy (non-hydrogen) atoms. The van der Waals surface area contributed by atoms with Crippen LogP contribution in [0.2, 0.25) is 0 Å². The quantitative estimate of drug-likeness (QED) is 0.862. The van der Waals surface area contributed by atoms with E-state index in [0.29, 0.717) is 12.8 Å². The number of carbonyl (C=O) groups is 2. The molecule has 1 aromatic rings. The number of benzene rings is 1. The standard InChI is InChI=1S/C20H28N2O3/c23-19(21-17-11-9-16(10-12-17)20(24)25)18-8-4-5-13-22(18)14-15-6-2-1-3-7-15/h1-3,6-7,16-18H,4-5,8-14H2,(H,21,23)(H,24,25). The Balaban J connectivity index is 1.55. The highest BCUT2D eigenvalue weighted by Gasteiger charge is 2.32. The molecule has 5 heteroatoms. The van der Waals surface area contributed by atoms with Crippen LogP contribution < -0.4 is 5.32 Å². The summed E-state index contributed by atoms with van der Waals surface area (Å²) in [7, 11) is 0. The third-order valence-electron chi connectivity index (χ3n) is 5.57. The summed E-state index contributed by atoms with van der Waals surface area (Å²) in [4.78, 5) is 26.2. The Kier molecular flexibility index (Phi) is 6.08. The third-order valence-corrected chi connectivity index (χ3v) is 5.57. The number of rotatable bonds is 5. The molecule has 136 valence electrons. The monoisotopic (exact) mass is 344 g/mol. The maximum Gasteiger partial charge on any atom is 0.306 e. The Morgan fingerprint density at radius 3 is 2.44 bits per heavy atom. The van der Waals surface area contributed by atoms with Crippen molar-refractivity contribution in [3.63, 3.8) is 0 Å². The smallest absolute Gasteiger partial charge is 0.306 e. The number of likely N-dealkylation sites (tertiary alicyclic amines) is 1. The normalized spacial score (nSPS) is 27.6. The lowest BCUT2D eigenvalue weighted by Gasteiger charge is -2.36. The van der Waals surface area contributed by atoms with Gasteiger partial charge in [-0.25, -0.2) is 0 Å². The summed E-state index contributed by atoms with van der Waals surface area (Å²) in [6.07, 6.45) is 6.01. The first-order valence-electron chi connectivity index (χ1n) is 9.44. The van der Waals surface area contributed by atoms with Gasteiger partial charge in [0.05, 0.1) is 12.0 Å². The summed E-state index contributed by atoms with van der Waals surface area (Å²) in [5.41, 5.74) is 1.24. The molecule has 0 aromatic heterocycles. The lowest BCUT2D eigenvalue weighted by molar-refractivity contribution is -0.142. The van der Waals surface area contributed by atoms with E-state index >= 15 is 0 Å². The zero-order valence-electron chi connectivity index (χ0n) is 14.7. The summed E-state index contributed by atoms with van der Waals surface area (Å²) in [6, 6.07) is 10.4. The maximum atomic E-state index is 12.8. The van der Waals surface area contributed by atoms with Gasteiger partial charge in [-0.1, -0.05) is 36.8 Å². The summed E-state index contributed by atoms with van der Waals surface area (Å²) in [6.45, 7) is 1.77. The fraction of sp³-hybridized carbons (Fsp3) is 0.600. The van der Waals surface area contributed by atoms with E-state index in [-0.39, 0.29) is 23.9 Å². The van der Waals surface area contributed by atoms with E-state index in [0.717, 1.165) is 45.2 Å². The van der Waals surface area contributed by atoms with Gasteiger partial charge in [-0.3, -0.25) is 14.5 Å². The number of nitrogens with zero attached hydrogens (tertiary/aromatic N) is 1. The second-order valence-electron chi connectivity index (χ2n) is 7.36. The summed E-state index contributed by atoms with van der Waals surface area (Å²) >= 11 is 0. The van der Waals surface area contributed by atoms with Gasteiger partial charge in [-0.05, 0) is 50.6 Å². The van der Waals surface area contributed by atoms with Crippen molar-refractivity contribution in [3.05, 3.63) is 35.9 Å². The van der Waals surface area contributed by atoms with Crippen LogP contribution in [0.1, 0.15) is 50.5 Å². The van der Waals surface area contributed by atoms with Gasteiger partial charge in [-0.2, -0.15) is 0 Å². The van der Waals surface area contributed by atoms with Crippen LogP contribution in [0.25, 0.3) is 0 Å². The highest BCUT2D eigenvalue weighted by atomic mass is 16.4. The molecule has 1 aliphatic heterocycles. The molecule has 5 nitrogen and oxygen atoms in total. The number of nitrogens with one attached hydrogen (secondary N) is 1. The third kappa shape index (κ3) is 4.82. The van der Waals surface area contributed by atoms with Gasteiger partial charge in [0.15, 0.2) is 0 Å². The molecule has 1 saturated carbocycles. The maximum absolute atomic E-state index is 12.8. The summed E-state index contributed by atoms with van der Waals surface area (Å²) in [5.74, 6) is -0.821. The Labute approximate surface area is 149 Å². The molecule has 1 saturated heterocycles. The Morgan fingerprint density at radius 2 is 1.76 bits per heavy atom. The highest BCUT2D eigenvalue weighted by Crippen LogP contribution is 2.25. The largest absolute Gasteiger partial charge is 0.481 e. The first-order valence-corrected chi connectivity index (χ1v) is 9.44.